The molecule has 0 aliphatic heterocycles. The fourth-order valence-corrected chi connectivity index (χ4v) is 2.16. The summed E-state index contributed by atoms with van der Waals surface area (Å²) < 4.78 is 10.7. The van der Waals surface area contributed by atoms with Crippen LogP contribution in [-0.4, -0.2) is 23.2 Å². The Balaban J connectivity index is 2.52. The van der Waals surface area contributed by atoms with Crippen molar-refractivity contribution in [3.63, 3.8) is 0 Å². The zero-order chi connectivity index (χ0) is 15.6. The normalized spacial score (nSPS) is 10.9. The molecule has 6 heteroatoms. The third-order valence-corrected chi connectivity index (χ3v) is 3.12. The molecule has 0 aliphatic rings. The van der Waals surface area contributed by atoms with Gasteiger partial charge in [-0.25, -0.2) is 9.78 Å². The van der Waals surface area contributed by atoms with Gasteiger partial charge in [-0.2, -0.15) is 0 Å². The highest BCUT2D eigenvalue weighted by atomic mass is 35.5. The Bertz CT molecular complexity index is 664. The van der Waals surface area contributed by atoms with Gasteiger partial charge in [0.2, 0.25) is 11.7 Å². The summed E-state index contributed by atoms with van der Waals surface area (Å²) >= 11 is 5.91. The van der Waals surface area contributed by atoms with Crippen LogP contribution in [0.15, 0.2) is 22.6 Å². The summed E-state index contributed by atoms with van der Waals surface area (Å²) in [5.74, 6) is -0.283. The molecule has 0 spiro atoms. The fourth-order valence-electron chi connectivity index (χ4n) is 2.00. The Morgan fingerprint density at radius 3 is 2.76 bits per heavy atom. The van der Waals surface area contributed by atoms with E-state index in [0.717, 1.165) is 0 Å². The molecule has 1 N–H and O–H groups in total. The number of nitrogens with zero attached hydrogens (tertiary/aromatic N) is 1. The van der Waals surface area contributed by atoms with Gasteiger partial charge in [0, 0.05) is 5.02 Å². The van der Waals surface area contributed by atoms with Crippen molar-refractivity contribution >= 4 is 17.6 Å². The maximum atomic E-state index is 11.3. The number of ether oxygens (including phenoxy) is 1. The van der Waals surface area contributed by atoms with E-state index in [9.17, 15) is 9.90 Å². The molecule has 0 saturated carbocycles. The first kappa shape index (κ1) is 15.4. The molecule has 1 heterocycles. The molecule has 112 valence electrons. The number of carboxylic acids is 1. The molecule has 0 amide bonds. The fraction of sp³-hybridized carbons (Fsp3) is 0.333. The quantitative estimate of drug-likeness (QED) is 0.906. The Kier molecular flexibility index (Phi) is 4.53. The first-order valence-electron chi connectivity index (χ1n) is 6.49. The second kappa shape index (κ2) is 6.18. The minimum Gasteiger partial charge on any atom is -0.496 e. The molecule has 1 aromatic heterocycles. The van der Waals surface area contributed by atoms with E-state index in [2.05, 4.69) is 4.98 Å². The summed E-state index contributed by atoms with van der Waals surface area (Å²) in [4.78, 5) is 15.6. The monoisotopic (exact) mass is 309 g/mol. The van der Waals surface area contributed by atoms with E-state index in [1.807, 2.05) is 13.8 Å². The first-order chi connectivity index (χ1) is 9.92. The van der Waals surface area contributed by atoms with Crippen molar-refractivity contribution in [3.05, 3.63) is 34.7 Å². The number of methoxy groups -OCH3 is 1. The van der Waals surface area contributed by atoms with Gasteiger partial charge in [-0.05, 0) is 30.5 Å². The number of oxazole rings is 1. The molecule has 0 bridgehead atoms. The Labute approximate surface area is 127 Å². The maximum absolute atomic E-state index is 11.3. The molecule has 0 radical (unpaired) electrons. The summed E-state index contributed by atoms with van der Waals surface area (Å²) in [6, 6.07) is 4.99. The molecule has 21 heavy (non-hydrogen) atoms. The molecule has 0 unspecified atom stereocenters. The zero-order valence-electron chi connectivity index (χ0n) is 12.0. The van der Waals surface area contributed by atoms with E-state index in [4.69, 9.17) is 20.8 Å². The number of carbonyl (C=O) groups is 1. The van der Waals surface area contributed by atoms with Crippen molar-refractivity contribution < 1.29 is 19.1 Å². The predicted molar refractivity (Wildman–Crippen MR) is 79.0 cm³/mol. The lowest BCUT2D eigenvalue weighted by molar-refractivity contribution is 0.0661. The number of carboxylic acid groups (broad SMARTS) is 1. The standard InChI is InChI=1S/C15H16ClNO4/c1-8(2)6-11-13(15(18)19)21-14(17-11)10-5-4-9(16)7-12(10)20-3/h4-5,7-8H,6H2,1-3H3,(H,18,19). The molecule has 0 fully saturated rings. The lowest BCUT2D eigenvalue weighted by atomic mass is 10.1. The summed E-state index contributed by atoms with van der Waals surface area (Å²) in [5, 5.41) is 9.74. The first-order valence-corrected chi connectivity index (χ1v) is 6.87. The maximum Gasteiger partial charge on any atom is 0.373 e. The van der Waals surface area contributed by atoms with Gasteiger partial charge >= 0.3 is 5.97 Å². The van der Waals surface area contributed by atoms with Gasteiger partial charge in [-0.15, -0.1) is 0 Å². The SMILES string of the molecule is COc1cc(Cl)ccc1-c1nc(CC(C)C)c(C(=O)O)o1. The van der Waals surface area contributed by atoms with Crippen LogP contribution in [0, 0.1) is 5.92 Å². The molecular formula is C15H16ClNO4. The van der Waals surface area contributed by atoms with Gasteiger partial charge in [-0.3, -0.25) is 0 Å². The van der Waals surface area contributed by atoms with Crippen LogP contribution in [-0.2, 0) is 6.42 Å². The molecule has 2 rings (SSSR count). The van der Waals surface area contributed by atoms with Crippen molar-refractivity contribution in [2.45, 2.75) is 20.3 Å². The molecule has 1 aromatic carbocycles. The lowest BCUT2D eigenvalue weighted by Crippen LogP contribution is -2.03. The topological polar surface area (TPSA) is 72.6 Å². The minimum absolute atomic E-state index is 0.129. The van der Waals surface area contributed by atoms with Crippen LogP contribution in [0.5, 0.6) is 5.75 Å². The largest absolute Gasteiger partial charge is 0.496 e. The van der Waals surface area contributed by atoms with Gasteiger partial charge in [0.25, 0.3) is 0 Å². The minimum atomic E-state index is -1.13. The second-order valence-electron chi connectivity index (χ2n) is 5.04. The van der Waals surface area contributed by atoms with Gasteiger partial charge in [0.15, 0.2) is 0 Å². The van der Waals surface area contributed by atoms with Crippen LogP contribution in [0.4, 0.5) is 0 Å². The Hall–Kier alpha value is -2.01. The number of halogens is 1. The summed E-state index contributed by atoms with van der Waals surface area (Å²) in [6.07, 6.45) is 0.529. The van der Waals surface area contributed by atoms with Crippen LogP contribution in [0.2, 0.25) is 5.02 Å². The molecular weight excluding hydrogens is 294 g/mol. The van der Waals surface area contributed by atoms with Crippen LogP contribution in [0.1, 0.15) is 30.1 Å². The van der Waals surface area contributed by atoms with Crippen LogP contribution in [0.3, 0.4) is 0 Å². The highest BCUT2D eigenvalue weighted by Gasteiger charge is 2.22. The average Bonchev–Trinajstić information content (AvgIpc) is 2.81. The molecule has 0 aliphatic carbocycles. The third-order valence-electron chi connectivity index (χ3n) is 2.89. The average molecular weight is 310 g/mol. The molecule has 2 aromatic rings. The van der Waals surface area contributed by atoms with Crippen molar-refractivity contribution in [2.24, 2.45) is 5.92 Å². The summed E-state index contributed by atoms with van der Waals surface area (Å²) in [5.41, 5.74) is 1.00. The van der Waals surface area contributed by atoms with Gasteiger partial charge in [0.05, 0.1) is 18.4 Å². The van der Waals surface area contributed by atoms with Gasteiger partial charge < -0.3 is 14.3 Å². The van der Waals surface area contributed by atoms with Gasteiger partial charge in [0.1, 0.15) is 5.75 Å². The van der Waals surface area contributed by atoms with Crippen molar-refractivity contribution in [1.29, 1.82) is 0 Å². The summed E-state index contributed by atoms with van der Waals surface area (Å²) in [7, 11) is 1.51. The van der Waals surface area contributed by atoms with Crippen LogP contribution < -0.4 is 4.74 Å². The van der Waals surface area contributed by atoms with E-state index in [-0.39, 0.29) is 17.6 Å². The number of hydrogen-bond acceptors (Lipinski definition) is 4. The number of rotatable bonds is 5. The van der Waals surface area contributed by atoms with E-state index in [0.29, 0.717) is 28.5 Å². The third kappa shape index (κ3) is 3.36. The van der Waals surface area contributed by atoms with E-state index >= 15 is 0 Å². The molecule has 0 atom stereocenters. The Morgan fingerprint density at radius 2 is 2.19 bits per heavy atom. The number of hydrogen-bond donors (Lipinski definition) is 1. The van der Waals surface area contributed by atoms with Crippen molar-refractivity contribution in [2.75, 3.05) is 7.11 Å². The highest BCUT2D eigenvalue weighted by molar-refractivity contribution is 6.30. The number of aromatic nitrogens is 1. The highest BCUT2D eigenvalue weighted by Crippen LogP contribution is 2.33. The molecule has 0 saturated heterocycles. The number of benzene rings is 1. The zero-order valence-corrected chi connectivity index (χ0v) is 12.8. The predicted octanol–water partition coefficient (Wildman–Crippen LogP) is 3.90. The second-order valence-corrected chi connectivity index (χ2v) is 5.48. The lowest BCUT2D eigenvalue weighted by Gasteiger charge is -2.05. The van der Waals surface area contributed by atoms with Crippen LogP contribution >= 0.6 is 11.6 Å². The van der Waals surface area contributed by atoms with Crippen LogP contribution in [0.25, 0.3) is 11.5 Å². The van der Waals surface area contributed by atoms with Gasteiger partial charge in [-0.1, -0.05) is 25.4 Å². The smallest absolute Gasteiger partial charge is 0.373 e. The molecule has 5 nitrogen and oxygen atoms in total. The van der Waals surface area contributed by atoms with E-state index in [1.54, 1.807) is 18.2 Å². The van der Waals surface area contributed by atoms with E-state index in [1.165, 1.54) is 7.11 Å². The Morgan fingerprint density at radius 1 is 1.48 bits per heavy atom. The summed E-state index contributed by atoms with van der Waals surface area (Å²) in [6.45, 7) is 3.98. The number of aromatic carboxylic acids is 1. The van der Waals surface area contributed by atoms with E-state index < -0.39 is 5.97 Å². The van der Waals surface area contributed by atoms with Crippen molar-refractivity contribution in [3.8, 4) is 17.2 Å². The van der Waals surface area contributed by atoms with Crippen molar-refractivity contribution in [1.82, 2.24) is 4.98 Å².